The van der Waals surface area contributed by atoms with Crippen LogP contribution in [-0.2, 0) is 4.79 Å². The van der Waals surface area contributed by atoms with E-state index in [0.717, 1.165) is 16.9 Å². The Hall–Kier alpha value is -3.67. The zero-order valence-electron chi connectivity index (χ0n) is 14.8. The van der Waals surface area contributed by atoms with Crippen molar-refractivity contribution in [3.8, 4) is 0 Å². The number of carbonyl (C=O) groups excluding carboxylic acids is 1. The average molecular weight is 357 g/mol. The highest BCUT2D eigenvalue weighted by atomic mass is 16.1. The topological polar surface area (TPSA) is 71.8 Å². The van der Waals surface area contributed by atoms with Crippen LogP contribution < -0.4 is 10.6 Å². The molecule has 1 atom stereocenters. The van der Waals surface area contributed by atoms with E-state index in [4.69, 9.17) is 0 Å². The van der Waals surface area contributed by atoms with Gasteiger partial charge in [0.05, 0.1) is 5.57 Å². The second-order valence-electron chi connectivity index (χ2n) is 6.23. The molecule has 0 bridgehead atoms. The predicted octanol–water partition coefficient (Wildman–Crippen LogP) is 3.87. The van der Waals surface area contributed by atoms with Crippen LogP contribution in [-0.4, -0.2) is 20.7 Å². The molecular formula is C21H19N5O. The fraction of sp³-hybridized carbons (Fsp3) is 0.0952. The van der Waals surface area contributed by atoms with Crippen LogP contribution in [0.1, 0.15) is 18.5 Å². The molecule has 6 nitrogen and oxygen atoms in total. The maximum atomic E-state index is 13.0. The lowest BCUT2D eigenvalue weighted by Crippen LogP contribution is -2.30. The predicted molar refractivity (Wildman–Crippen MR) is 106 cm³/mol. The van der Waals surface area contributed by atoms with Gasteiger partial charge in [-0.3, -0.25) is 4.79 Å². The van der Waals surface area contributed by atoms with E-state index in [-0.39, 0.29) is 11.9 Å². The number of aromatic nitrogens is 3. The minimum absolute atomic E-state index is 0.171. The molecule has 2 aromatic carbocycles. The number of hydrogen-bond acceptors (Lipinski definition) is 4. The van der Waals surface area contributed by atoms with Crippen molar-refractivity contribution in [2.24, 2.45) is 0 Å². The Balaban J connectivity index is 1.68. The molecule has 134 valence electrons. The standard InChI is InChI=1S/C21H19N5O/c1-15-19(20(27)25-17-10-6-3-7-11-17)18(26-21(24-15)22-14-23-26)13-12-16-8-4-2-5-9-16/h2-14,18H,1H3,(H,25,27)(H,22,23,24)/b13-12+. The van der Waals surface area contributed by atoms with E-state index < -0.39 is 0 Å². The summed E-state index contributed by atoms with van der Waals surface area (Å²) in [5.74, 6) is 0.446. The quantitative estimate of drug-likeness (QED) is 0.743. The summed E-state index contributed by atoms with van der Waals surface area (Å²) in [6.07, 6.45) is 5.44. The third-order valence-corrected chi connectivity index (χ3v) is 4.38. The van der Waals surface area contributed by atoms with Crippen molar-refractivity contribution in [1.29, 1.82) is 0 Å². The summed E-state index contributed by atoms with van der Waals surface area (Å²) >= 11 is 0. The molecule has 1 aliphatic rings. The second-order valence-corrected chi connectivity index (χ2v) is 6.23. The van der Waals surface area contributed by atoms with E-state index in [1.165, 1.54) is 6.33 Å². The van der Waals surface area contributed by atoms with Crippen LogP contribution in [0.2, 0.25) is 0 Å². The van der Waals surface area contributed by atoms with Gasteiger partial charge >= 0.3 is 0 Å². The van der Waals surface area contributed by atoms with Crippen molar-refractivity contribution in [1.82, 2.24) is 14.8 Å². The molecule has 4 rings (SSSR count). The van der Waals surface area contributed by atoms with Gasteiger partial charge in [-0.1, -0.05) is 60.7 Å². The summed E-state index contributed by atoms with van der Waals surface area (Å²) in [4.78, 5) is 17.3. The summed E-state index contributed by atoms with van der Waals surface area (Å²) in [6, 6.07) is 19.0. The van der Waals surface area contributed by atoms with Crippen LogP contribution in [0, 0.1) is 0 Å². The number of hydrogen-bond donors (Lipinski definition) is 2. The number of allylic oxidation sites excluding steroid dienone is 2. The Morgan fingerprint density at radius 3 is 2.56 bits per heavy atom. The zero-order chi connectivity index (χ0) is 18.6. The van der Waals surface area contributed by atoms with Crippen LogP contribution >= 0.6 is 0 Å². The first kappa shape index (κ1) is 16.8. The largest absolute Gasteiger partial charge is 0.328 e. The van der Waals surface area contributed by atoms with Crippen LogP contribution in [0.3, 0.4) is 0 Å². The summed E-state index contributed by atoms with van der Waals surface area (Å²) in [6.45, 7) is 1.88. The molecule has 0 saturated carbocycles. The van der Waals surface area contributed by atoms with Crippen LogP contribution in [0.5, 0.6) is 0 Å². The van der Waals surface area contributed by atoms with Gasteiger partial charge in [-0.25, -0.2) is 4.68 Å². The molecule has 1 unspecified atom stereocenters. The van der Waals surface area contributed by atoms with E-state index in [0.29, 0.717) is 11.5 Å². The molecule has 27 heavy (non-hydrogen) atoms. The molecule has 0 radical (unpaired) electrons. The highest BCUT2D eigenvalue weighted by Gasteiger charge is 2.30. The van der Waals surface area contributed by atoms with Crippen LogP contribution in [0.4, 0.5) is 11.6 Å². The Morgan fingerprint density at radius 1 is 1.11 bits per heavy atom. The number of amides is 1. The molecule has 2 N–H and O–H groups in total. The minimum Gasteiger partial charge on any atom is -0.328 e. The van der Waals surface area contributed by atoms with Gasteiger partial charge in [0, 0.05) is 11.4 Å². The summed E-state index contributed by atoms with van der Waals surface area (Å²) in [7, 11) is 0. The molecule has 2 heterocycles. The van der Waals surface area contributed by atoms with Gasteiger partial charge in [-0.05, 0) is 24.6 Å². The van der Waals surface area contributed by atoms with E-state index in [1.807, 2.05) is 79.7 Å². The maximum absolute atomic E-state index is 13.0. The lowest BCUT2D eigenvalue weighted by Gasteiger charge is -2.26. The third-order valence-electron chi connectivity index (χ3n) is 4.38. The monoisotopic (exact) mass is 357 g/mol. The normalized spacial score (nSPS) is 16.1. The van der Waals surface area contributed by atoms with Gasteiger partial charge in [-0.2, -0.15) is 10.1 Å². The van der Waals surface area contributed by atoms with E-state index in [9.17, 15) is 4.79 Å². The van der Waals surface area contributed by atoms with Gasteiger partial charge in [0.15, 0.2) is 0 Å². The Labute approximate surface area is 157 Å². The molecule has 1 aliphatic heterocycles. The number of nitrogens with zero attached hydrogens (tertiary/aromatic N) is 3. The molecular weight excluding hydrogens is 338 g/mol. The van der Waals surface area contributed by atoms with Crippen molar-refractivity contribution >= 4 is 23.6 Å². The molecule has 1 amide bonds. The lowest BCUT2D eigenvalue weighted by molar-refractivity contribution is -0.113. The number of anilines is 2. The van der Waals surface area contributed by atoms with Gasteiger partial charge < -0.3 is 10.6 Å². The van der Waals surface area contributed by atoms with Gasteiger partial charge in [0.25, 0.3) is 5.91 Å². The first-order valence-corrected chi connectivity index (χ1v) is 8.69. The second kappa shape index (κ2) is 7.29. The zero-order valence-corrected chi connectivity index (χ0v) is 14.8. The van der Waals surface area contributed by atoms with E-state index in [1.54, 1.807) is 4.68 Å². The third kappa shape index (κ3) is 3.50. The van der Waals surface area contributed by atoms with Crippen molar-refractivity contribution in [2.45, 2.75) is 13.0 Å². The highest BCUT2D eigenvalue weighted by Crippen LogP contribution is 2.31. The Kier molecular flexibility index (Phi) is 4.53. The first-order valence-electron chi connectivity index (χ1n) is 8.69. The van der Waals surface area contributed by atoms with Crippen molar-refractivity contribution in [3.63, 3.8) is 0 Å². The van der Waals surface area contributed by atoms with Gasteiger partial charge in [0.2, 0.25) is 5.95 Å². The number of nitrogens with one attached hydrogen (secondary N) is 2. The van der Waals surface area contributed by atoms with Crippen molar-refractivity contribution in [2.75, 3.05) is 10.6 Å². The molecule has 0 spiro atoms. The number of para-hydroxylation sites is 1. The molecule has 6 heteroatoms. The minimum atomic E-state index is -0.354. The van der Waals surface area contributed by atoms with Crippen molar-refractivity contribution in [3.05, 3.63) is 89.9 Å². The van der Waals surface area contributed by atoms with Crippen LogP contribution in [0.15, 0.2) is 84.3 Å². The van der Waals surface area contributed by atoms with Gasteiger partial charge in [-0.15, -0.1) is 0 Å². The SMILES string of the molecule is CC1=C(C(=O)Nc2ccccc2)C(/C=C/c2ccccc2)n2ncnc2N1. The summed E-state index contributed by atoms with van der Waals surface area (Å²) in [5, 5.41) is 10.4. The Morgan fingerprint density at radius 2 is 1.81 bits per heavy atom. The first-order chi connectivity index (χ1) is 13.2. The Bertz CT molecular complexity index is 1010. The highest BCUT2D eigenvalue weighted by molar-refractivity contribution is 6.05. The molecule has 0 saturated heterocycles. The maximum Gasteiger partial charge on any atom is 0.255 e. The number of fused-ring (bicyclic) bond motifs is 1. The van der Waals surface area contributed by atoms with E-state index >= 15 is 0 Å². The fourth-order valence-corrected chi connectivity index (χ4v) is 3.09. The number of rotatable bonds is 4. The van der Waals surface area contributed by atoms with E-state index in [2.05, 4.69) is 20.7 Å². The van der Waals surface area contributed by atoms with Crippen molar-refractivity contribution < 1.29 is 4.79 Å². The summed E-state index contributed by atoms with van der Waals surface area (Å²) in [5.41, 5.74) is 3.16. The molecule has 3 aromatic rings. The van der Waals surface area contributed by atoms with Gasteiger partial charge in [0.1, 0.15) is 12.4 Å². The number of benzene rings is 2. The number of carbonyl (C=O) groups is 1. The average Bonchev–Trinajstić information content (AvgIpc) is 3.15. The smallest absolute Gasteiger partial charge is 0.255 e. The fourth-order valence-electron chi connectivity index (χ4n) is 3.09. The molecule has 1 aromatic heterocycles. The van der Waals surface area contributed by atoms with Crippen LogP contribution in [0.25, 0.3) is 6.08 Å². The summed E-state index contributed by atoms with van der Waals surface area (Å²) < 4.78 is 1.71. The molecule has 0 fully saturated rings. The lowest BCUT2D eigenvalue weighted by atomic mass is 10.0. The molecule has 0 aliphatic carbocycles.